The minimum absolute atomic E-state index is 0.0768. The van der Waals surface area contributed by atoms with Gasteiger partial charge in [-0.1, -0.05) is 36.4 Å². The van der Waals surface area contributed by atoms with E-state index < -0.39 is 0 Å². The van der Waals surface area contributed by atoms with Crippen LogP contribution in [0.4, 0.5) is 17.1 Å². The second-order valence-corrected chi connectivity index (χ2v) is 5.75. The Morgan fingerprint density at radius 3 is 2.08 bits per heavy atom. The van der Waals surface area contributed by atoms with Crippen LogP contribution < -0.4 is 10.6 Å². The van der Waals surface area contributed by atoms with Crippen molar-refractivity contribution in [2.75, 3.05) is 10.6 Å². The van der Waals surface area contributed by atoms with Gasteiger partial charge in [0, 0.05) is 23.5 Å². The van der Waals surface area contributed by atoms with E-state index >= 15 is 0 Å². The third kappa shape index (κ3) is 4.85. The Labute approximate surface area is 147 Å². The maximum Gasteiger partial charge on any atom is 0.224 e. The molecule has 0 bridgehead atoms. The van der Waals surface area contributed by atoms with Gasteiger partial charge in [0.1, 0.15) is 5.75 Å². The van der Waals surface area contributed by atoms with Gasteiger partial charge >= 0.3 is 0 Å². The molecule has 0 aliphatic carbocycles. The van der Waals surface area contributed by atoms with E-state index in [0.717, 1.165) is 22.6 Å². The molecule has 0 saturated carbocycles. The molecule has 126 valence electrons. The van der Waals surface area contributed by atoms with Gasteiger partial charge in [-0.05, 0) is 54.4 Å². The van der Waals surface area contributed by atoms with Crippen molar-refractivity contribution < 1.29 is 9.90 Å². The molecule has 0 unspecified atom stereocenters. The fraction of sp³-hybridized carbons (Fsp3) is 0.0952. The lowest BCUT2D eigenvalue weighted by molar-refractivity contribution is -0.116. The highest BCUT2D eigenvalue weighted by Crippen LogP contribution is 2.20. The first-order valence-corrected chi connectivity index (χ1v) is 8.19. The Bertz CT molecular complexity index is 830. The Hall–Kier alpha value is -3.27. The summed E-state index contributed by atoms with van der Waals surface area (Å²) >= 11 is 0. The molecule has 3 rings (SSSR count). The molecule has 0 aromatic heterocycles. The summed E-state index contributed by atoms with van der Waals surface area (Å²) in [5.41, 5.74) is 3.50. The van der Waals surface area contributed by atoms with Crippen LogP contribution in [0.3, 0.4) is 0 Å². The monoisotopic (exact) mass is 332 g/mol. The van der Waals surface area contributed by atoms with Crippen molar-refractivity contribution in [3.63, 3.8) is 0 Å². The zero-order valence-corrected chi connectivity index (χ0v) is 13.8. The smallest absolute Gasteiger partial charge is 0.224 e. The minimum Gasteiger partial charge on any atom is -0.508 e. The van der Waals surface area contributed by atoms with Crippen molar-refractivity contribution >= 4 is 23.0 Å². The number of hydrogen-bond acceptors (Lipinski definition) is 3. The highest BCUT2D eigenvalue weighted by Gasteiger charge is 2.06. The second kappa shape index (κ2) is 8.02. The van der Waals surface area contributed by atoms with Gasteiger partial charge in [0.25, 0.3) is 0 Å². The van der Waals surface area contributed by atoms with Crippen molar-refractivity contribution in [3.05, 3.63) is 84.4 Å². The summed E-state index contributed by atoms with van der Waals surface area (Å²) in [5, 5.41) is 15.9. The molecule has 4 nitrogen and oxygen atoms in total. The molecule has 0 aliphatic rings. The van der Waals surface area contributed by atoms with Gasteiger partial charge in [0.05, 0.1) is 0 Å². The predicted molar refractivity (Wildman–Crippen MR) is 101 cm³/mol. The van der Waals surface area contributed by atoms with Crippen LogP contribution in [0.2, 0.25) is 0 Å². The average Bonchev–Trinajstić information content (AvgIpc) is 2.64. The number of hydrogen-bond donors (Lipinski definition) is 3. The molecule has 0 aliphatic heterocycles. The lowest BCUT2D eigenvalue weighted by Crippen LogP contribution is -2.12. The fourth-order valence-corrected chi connectivity index (χ4v) is 2.52. The van der Waals surface area contributed by atoms with E-state index in [1.807, 2.05) is 66.7 Å². The van der Waals surface area contributed by atoms with Gasteiger partial charge in [-0.3, -0.25) is 4.79 Å². The van der Waals surface area contributed by atoms with Crippen LogP contribution in [0, 0.1) is 0 Å². The number of aryl methyl sites for hydroxylation is 1. The lowest BCUT2D eigenvalue weighted by atomic mass is 10.1. The molecule has 3 N–H and O–H groups in total. The molecule has 3 aromatic rings. The molecular formula is C21H20N2O2. The predicted octanol–water partition coefficient (Wildman–Crippen LogP) is 4.71. The van der Waals surface area contributed by atoms with Crippen LogP contribution >= 0.6 is 0 Å². The Morgan fingerprint density at radius 2 is 1.36 bits per heavy atom. The van der Waals surface area contributed by atoms with Crippen LogP contribution in [0.15, 0.2) is 78.9 Å². The summed E-state index contributed by atoms with van der Waals surface area (Å²) in [4.78, 5) is 12.1. The maximum absolute atomic E-state index is 12.1. The van der Waals surface area contributed by atoms with Crippen molar-refractivity contribution in [2.45, 2.75) is 12.8 Å². The van der Waals surface area contributed by atoms with E-state index in [-0.39, 0.29) is 11.7 Å². The van der Waals surface area contributed by atoms with E-state index in [2.05, 4.69) is 10.6 Å². The minimum atomic E-state index is -0.0768. The van der Waals surface area contributed by atoms with E-state index in [1.165, 1.54) is 0 Å². The first kappa shape index (κ1) is 16.6. The molecule has 0 atom stereocenters. The van der Waals surface area contributed by atoms with Gasteiger partial charge in [-0.2, -0.15) is 0 Å². The summed E-state index contributed by atoms with van der Waals surface area (Å²) in [5.74, 6) is 0.152. The van der Waals surface area contributed by atoms with Crippen LogP contribution in [0.5, 0.6) is 5.75 Å². The molecular weight excluding hydrogens is 312 g/mol. The maximum atomic E-state index is 12.1. The normalized spacial score (nSPS) is 10.2. The van der Waals surface area contributed by atoms with Gasteiger partial charge in [0.15, 0.2) is 0 Å². The summed E-state index contributed by atoms with van der Waals surface area (Å²) in [7, 11) is 0. The number of nitrogens with one attached hydrogen (secondary N) is 2. The molecule has 0 spiro atoms. The Balaban J connectivity index is 1.52. The number of anilines is 3. The number of phenolic OH excluding ortho intramolecular Hbond substituents is 1. The molecule has 0 saturated heterocycles. The zero-order valence-electron chi connectivity index (χ0n) is 13.8. The number of benzene rings is 3. The van der Waals surface area contributed by atoms with E-state index in [0.29, 0.717) is 12.8 Å². The van der Waals surface area contributed by atoms with E-state index in [1.54, 1.807) is 12.1 Å². The summed E-state index contributed by atoms with van der Waals surface area (Å²) in [6.07, 6.45) is 0.827. The number of para-hydroxylation sites is 2. The SMILES string of the molecule is O=C(CCc1ccccc1O)Nc1ccc(Nc2ccccc2)cc1. The first-order valence-electron chi connectivity index (χ1n) is 8.19. The Morgan fingerprint density at radius 1 is 0.760 bits per heavy atom. The highest BCUT2D eigenvalue weighted by atomic mass is 16.3. The van der Waals surface area contributed by atoms with Gasteiger partial charge < -0.3 is 15.7 Å². The quantitative estimate of drug-likeness (QED) is 0.613. The third-order valence-electron chi connectivity index (χ3n) is 3.84. The summed E-state index contributed by atoms with van der Waals surface area (Å²) in [6.45, 7) is 0. The number of carbonyl (C=O) groups is 1. The fourth-order valence-electron chi connectivity index (χ4n) is 2.52. The molecule has 1 amide bonds. The molecule has 4 heteroatoms. The van der Waals surface area contributed by atoms with Crippen molar-refractivity contribution in [1.29, 1.82) is 0 Å². The number of aromatic hydroxyl groups is 1. The highest BCUT2D eigenvalue weighted by molar-refractivity contribution is 5.91. The second-order valence-electron chi connectivity index (χ2n) is 5.75. The largest absolute Gasteiger partial charge is 0.508 e. The van der Waals surface area contributed by atoms with Crippen molar-refractivity contribution in [3.8, 4) is 5.75 Å². The molecule has 25 heavy (non-hydrogen) atoms. The van der Waals surface area contributed by atoms with E-state index in [9.17, 15) is 9.90 Å². The van der Waals surface area contributed by atoms with Gasteiger partial charge in [-0.15, -0.1) is 0 Å². The van der Waals surface area contributed by atoms with E-state index in [4.69, 9.17) is 0 Å². The average molecular weight is 332 g/mol. The number of rotatable bonds is 6. The number of amides is 1. The Kier molecular flexibility index (Phi) is 5.32. The van der Waals surface area contributed by atoms with Crippen LogP contribution in [-0.4, -0.2) is 11.0 Å². The lowest BCUT2D eigenvalue weighted by Gasteiger charge is -2.09. The number of carbonyl (C=O) groups excluding carboxylic acids is 1. The summed E-state index contributed by atoms with van der Waals surface area (Å²) in [6, 6.07) is 24.6. The standard InChI is InChI=1S/C21H20N2O2/c24-20-9-5-4-6-16(20)10-15-21(25)23-19-13-11-18(12-14-19)22-17-7-2-1-3-8-17/h1-9,11-14,22,24H,10,15H2,(H,23,25). The molecule has 0 fully saturated rings. The van der Waals surface area contributed by atoms with Crippen LogP contribution in [-0.2, 0) is 11.2 Å². The van der Waals surface area contributed by atoms with Crippen molar-refractivity contribution in [2.24, 2.45) is 0 Å². The molecule has 0 heterocycles. The zero-order chi connectivity index (χ0) is 17.5. The van der Waals surface area contributed by atoms with Gasteiger partial charge in [-0.25, -0.2) is 0 Å². The molecule has 0 radical (unpaired) electrons. The van der Waals surface area contributed by atoms with Crippen LogP contribution in [0.1, 0.15) is 12.0 Å². The van der Waals surface area contributed by atoms with Crippen LogP contribution in [0.25, 0.3) is 0 Å². The van der Waals surface area contributed by atoms with Gasteiger partial charge in [0.2, 0.25) is 5.91 Å². The summed E-state index contributed by atoms with van der Waals surface area (Å²) < 4.78 is 0. The first-order chi connectivity index (χ1) is 12.2. The van der Waals surface area contributed by atoms with Crippen molar-refractivity contribution in [1.82, 2.24) is 0 Å². The number of phenols is 1. The third-order valence-corrected chi connectivity index (χ3v) is 3.84. The molecule has 3 aromatic carbocycles. The topological polar surface area (TPSA) is 61.4 Å².